The Bertz CT molecular complexity index is 1150. The molecule has 1 aromatic heterocycles. The van der Waals surface area contributed by atoms with Crippen molar-refractivity contribution in [3.8, 4) is 11.1 Å². The second kappa shape index (κ2) is 8.54. The number of carbonyl (C=O) groups is 2. The third-order valence-corrected chi connectivity index (χ3v) is 5.51. The number of esters is 1. The van der Waals surface area contributed by atoms with Crippen LogP contribution >= 0.6 is 0 Å². The van der Waals surface area contributed by atoms with Crippen molar-refractivity contribution in [1.29, 1.82) is 0 Å². The Hall–Kier alpha value is -3.54. The highest BCUT2D eigenvalue weighted by Gasteiger charge is 2.27. The van der Waals surface area contributed by atoms with E-state index in [-0.39, 0.29) is 11.8 Å². The number of carbonyl (C=O) groups excluding carboxylic acids is 2. The first-order chi connectivity index (χ1) is 15.2. The van der Waals surface area contributed by atoms with Gasteiger partial charge in [-0.3, -0.25) is 9.59 Å². The summed E-state index contributed by atoms with van der Waals surface area (Å²) in [6, 6.07) is 13.6. The summed E-state index contributed by atoms with van der Waals surface area (Å²) < 4.78 is 5.62. The highest BCUT2D eigenvalue weighted by molar-refractivity contribution is 6.02. The van der Waals surface area contributed by atoms with Crippen molar-refractivity contribution in [2.24, 2.45) is 0 Å². The molecule has 164 valence electrons. The number of aromatic nitrogens is 2. The van der Waals surface area contributed by atoms with E-state index in [4.69, 9.17) is 4.74 Å². The van der Waals surface area contributed by atoms with Gasteiger partial charge in [-0.2, -0.15) is 0 Å². The molecule has 0 N–H and O–H groups in total. The molecule has 1 aliphatic heterocycles. The van der Waals surface area contributed by atoms with E-state index in [0.29, 0.717) is 13.1 Å². The predicted molar refractivity (Wildman–Crippen MR) is 124 cm³/mol. The van der Waals surface area contributed by atoms with Crippen LogP contribution in [0.5, 0.6) is 0 Å². The third kappa shape index (κ3) is 4.54. The average molecular weight is 430 g/mol. The quantitative estimate of drug-likeness (QED) is 0.555. The molecule has 0 spiro atoms. The van der Waals surface area contributed by atoms with Gasteiger partial charge in [-0.1, -0.05) is 30.3 Å². The van der Waals surface area contributed by atoms with Crippen molar-refractivity contribution < 1.29 is 14.3 Å². The summed E-state index contributed by atoms with van der Waals surface area (Å²) in [7, 11) is 0. The van der Waals surface area contributed by atoms with Crippen LogP contribution < -0.4 is 4.90 Å². The van der Waals surface area contributed by atoms with Crippen LogP contribution in [-0.4, -0.2) is 33.9 Å². The van der Waals surface area contributed by atoms with Crippen LogP contribution in [0.15, 0.2) is 61.2 Å². The monoisotopic (exact) mass is 429 g/mol. The Morgan fingerprint density at radius 2 is 1.75 bits per heavy atom. The third-order valence-electron chi connectivity index (χ3n) is 5.51. The second-order valence-electron chi connectivity index (χ2n) is 9.09. The van der Waals surface area contributed by atoms with Gasteiger partial charge in [0.2, 0.25) is 0 Å². The molecule has 2 heterocycles. The van der Waals surface area contributed by atoms with Gasteiger partial charge in [-0.25, -0.2) is 9.97 Å². The number of anilines is 1. The van der Waals surface area contributed by atoms with Crippen LogP contribution in [0.1, 0.15) is 55.1 Å². The molecule has 0 saturated heterocycles. The fourth-order valence-electron chi connectivity index (χ4n) is 3.96. The molecule has 0 bridgehead atoms. The van der Waals surface area contributed by atoms with Crippen LogP contribution in [-0.2, 0) is 16.1 Å². The molecule has 6 nitrogen and oxygen atoms in total. The lowest BCUT2D eigenvalue weighted by atomic mass is 9.91. The predicted octanol–water partition coefficient (Wildman–Crippen LogP) is 4.79. The van der Waals surface area contributed by atoms with E-state index in [1.165, 1.54) is 6.33 Å². The van der Waals surface area contributed by atoms with E-state index in [9.17, 15) is 9.59 Å². The number of hydrogen-bond donors (Lipinski definition) is 0. The minimum atomic E-state index is -0.567. The number of hydrogen-bond acceptors (Lipinski definition) is 6. The lowest BCUT2D eigenvalue weighted by Gasteiger charge is -2.31. The Morgan fingerprint density at radius 3 is 2.47 bits per heavy atom. The summed E-state index contributed by atoms with van der Waals surface area (Å²) in [4.78, 5) is 35.9. The van der Waals surface area contributed by atoms with Gasteiger partial charge in [0.1, 0.15) is 11.9 Å². The summed E-state index contributed by atoms with van der Waals surface area (Å²) >= 11 is 0. The minimum absolute atomic E-state index is 0.0997. The van der Waals surface area contributed by atoms with Crippen molar-refractivity contribution in [1.82, 2.24) is 9.97 Å². The number of benzene rings is 2. The van der Waals surface area contributed by atoms with Crippen LogP contribution in [0.2, 0.25) is 0 Å². The lowest BCUT2D eigenvalue weighted by Crippen LogP contribution is -2.35. The number of ketones is 1. The molecule has 0 fully saturated rings. The summed E-state index contributed by atoms with van der Waals surface area (Å²) in [6.45, 7) is 8.38. The van der Waals surface area contributed by atoms with Crippen molar-refractivity contribution in [3.63, 3.8) is 0 Å². The highest BCUT2D eigenvalue weighted by atomic mass is 16.6. The molecule has 1 unspecified atom stereocenters. The molecule has 3 aromatic rings. The van der Waals surface area contributed by atoms with E-state index >= 15 is 0 Å². The van der Waals surface area contributed by atoms with Crippen LogP contribution in [0.3, 0.4) is 0 Å². The minimum Gasteiger partial charge on any atom is -0.460 e. The van der Waals surface area contributed by atoms with Gasteiger partial charge >= 0.3 is 5.97 Å². The summed E-state index contributed by atoms with van der Waals surface area (Å²) in [5.41, 5.74) is 4.64. The first-order valence-corrected chi connectivity index (χ1v) is 10.7. The molecule has 0 saturated carbocycles. The molecule has 0 amide bonds. The maximum absolute atomic E-state index is 12.8. The van der Waals surface area contributed by atoms with Crippen molar-refractivity contribution in [2.75, 3.05) is 11.4 Å². The zero-order valence-corrected chi connectivity index (χ0v) is 18.8. The Balaban J connectivity index is 1.73. The molecule has 4 rings (SSSR count). The molecule has 0 radical (unpaired) electrons. The lowest BCUT2D eigenvalue weighted by molar-refractivity contribution is -0.156. The number of rotatable bonds is 4. The number of ether oxygens (including phenoxy) is 1. The first-order valence-electron chi connectivity index (χ1n) is 10.7. The van der Waals surface area contributed by atoms with Crippen LogP contribution in [0.25, 0.3) is 11.1 Å². The number of fused-ring (bicyclic) bond motifs is 1. The molecule has 0 aliphatic carbocycles. The Labute approximate surface area is 188 Å². The largest absolute Gasteiger partial charge is 0.460 e. The SMILES string of the molecule is CC(C(=O)OC(C)(C)C)c1ccc(N2CC(=O)c3ccccc3C2)cc1-c1cncnc1. The van der Waals surface area contributed by atoms with Gasteiger partial charge in [0.15, 0.2) is 5.78 Å². The van der Waals surface area contributed by atoms with Crippen molar-refractivity contribution >= 4 is 17.4 Å². The Kier molecular flexibility index (Phi) is 5.78. The maximum atomic E-state index is 12.8. The van der Waals surface area contributed by atoms with Crippen LogP contribution in [0, 0.1) is 0 Å². The number of nitrogens with zero attached hydrogens (tertiary/aromatic N) is 3. The maximum Gasteiger partial charge on any atom is 0.313 e. The molecular weight excluding hydrogens is 402 g/mol. The zero-order chi connectivity index (χ0) is 22.9. The summed E-state index contributed by atoms with van der Waals surface area (Å²) in [5.74, 6) is -0.657. The van der Waals surface area contributed by atoms with Gasteiger partial charge in [0.05, 0.1) is 12.5 Å². The topological polar surface area (TPSA) is 72.4 Å². The summed E-state index contributed by atoms with van der Waals surface area (Å²) in [6.07, 6.45) is 4.94. The van der Waals surface area contributed by atoms with E-state index in [2.05, 4.69) is 14.9 Å². The van der Waals surface area contributed by atoms with Crippen molar-refractivity contribution in [3.05, 3.63) is 77.9 Å². The van der Waals surface area contributed by atoms with Crippen molar-refractivity contribution in [2.45, 2.75) is 45.8 Å². The van der Waals surface area contributed by atoms with Crippen LogP contribution in [0.4, 0.5) is 5.69 Å². The van der Waals surface area contributed by atoms with Gasteiger partial charge < -0.3 is 9.64 Å². The van der Waals surface area contributed by atoms with E-state index in [1.54, 1.807) is 12.4 Å². The number of Topliss-reactive ketones (excluding diaryl/α,β-unsaturated/α-hetero) is 1. The summed E-state index contributed by atoms with van der Waals surface area (Å²) in [5, 5.41) is 0. The van der Waals surface area contributed by atoms with Gasteiger partial charge in [0, 0.05) is 35.8 Å². The fourth-order valence-corrected chi connectivity index (χ4v) is 3.96. The smallest absolute Gasteiger partial charge is 0.313 e. The van der Waals surface area contributed by atoms with Gasteiger partial charge in [-0.15, -0.1) is 0 Å². The van der Waals surface area contributed by atoms with E-state index in [1.807, 2.05) is 70.2 Å². The van der Waals surface area contributed by atoms with E-state index in [0.717, 1.165) is 33.5 Å². The zero-order valence-electron chi connectivity index (χ0n) is 18.8. The normalized spacial score (nSPS) is 14.6. The molecule has 1 aliphatic rings. The molecule has 1 atom stereocenters. The Morgan fingerprint density at radius 1 is 1.03 bits per heavy atom. The fraction of sp³-hybridized carbons (Fsp3) is 0.308. The van der Waals surface area contributed by atoms with Gasteiger partial charge in [-0.05, 0) is 56.5 Å². The molecule has 6 heteroatoms. The van der Waals surface area contributed by atoms with Gasteiger partial charge in [0.25, 0.3) is 0 Å². The second-order valence-corrected chi connectivity index (χ2v) is 9.09. The first kappa shape index (κ1) is 21.7. The standard InChI is InChI=1S/C26H27N3O3/c1-17(25(31)32-26(2,3)4)21-10-9-20(11-23(21)19-12-27-16-28-13-19)29-14-18-7-5-6-8-22(18)24(30)15-29/h5-13,16-17H,14-15H2,1-4H3. The molecular formula is C26H27N3O3. The van der Waals surface area contributed by atoms with E-state index < -0.39 is 11.5 Å². The molecule has 2 aromatic carbocycles. The highest BCUT2D eigenvalue weighted by Crippen LogP contribution is 2.35. The average Bonchev–Trinajstić information content (AvgIpc) is 2.77. The molecule has 32 heavy (non-hydrogen) atoms.